The Morgan fingerprint density at radius 1 is 1.62 bits per heavy atom. The molecule has 2 rings (SSSR count). The minimum Gasteiger partial charge on any atom is -0.371 e. The van der Waals surface area contributed by atoms with Gasteiger partial charge >= 0.3 is 0 Å². The normalized spacial score (nSPS) is 15.6. The van der Waals surface area contributed by atoms with E-state index >= 15 is 0 Å². The van der Waals surface area contributed by atoms with Crippen molar-refractivity contribution in [3.8, 4) is 0 Å². The predicted molar refractivity (Wildman–Crippen MR) is 49.8 cm³/mol. The standard InChI is InChI=1S/C6H10N6S/c1-12-6(9-10-11-12)13-4-5-7-2-3-8-5/h2-4H2,1H3,(H,7,8). The van der Waals surface area contributed by atoms with Crippen LogP contribution < -0.4 is 5.32 Å². The number of tetrazole rings is 1. The highest BCUT2D eigenvalue weighted by molar-refractivity contribution is 7.99. The Balaban J connectivity index is 1.89. The second-order valence-corrected chi connectivity index (χ2v) is 3.57. The number of aliphatic imine (C=N–C) groups is 1. The highest BCUT2D eigenvalue weighted by Crippen LogP contribution is 2.12. The smallest absolute Gasteiger partial charge is 0.209 e. The molecule has 1 N–H and O–H groups in total. The lowest BCUT2D eigenvalue weighted by Gasteiger charge is -1.99. The van der Waals surface area contributed by atoms with Crippen molar-refractivity contribution < 1.29 is 0 Å². The van der Waals surface area contributed by atoms with Crippen LogP contribution >= 0.6 is 11.8 Å². The third-order valence-electron chi connectivity index (χ3n) is 1.66. The van der Waals surface area contributed by atoms with Crippen molar-refractivity contribution >= 4 is 17.6 Å². The SMILES string of the molecule is Cn1nnnc1SCC1=NCCN1. The summed E-state index contributed by atoms with van der Waals surface area (Å²) in [7, 11) is 1.83. The molecule has 1 aliphatic rings. The van der Waals surface area contributed by atoms with Gasteiger partial charge in [0, 0.05) is 13.6 Å². The number of hydrogen-bond acceptors (Lipinski definition) is 6. The topological polar surface area (TPSA) is 68.0 Å². The van der Waals surface area contributed by atoms with Crippen LogP contribution in [0, 0.1) is 0 Å². The van der Waals surface area contributed by atoms with Gasteiger partial charge in [-0.15, -0.1) is 5.10 Å². The van der Waals surface area contributed by atoms with Crippen LogP contribution in [-0.2, 0) is 7.05 Å². The molecule has 0 bridgehead atoms. The maximum atomic E-state index is 4.27. The van der Waals surface area contributed by atoms with Gasteiger partial charge in [-0.2, -0.15) is 0 Å². The molecule has 0 spiro atoms. The molecule has 7 heteroatoms. The van der Waals surface area contributed by atoms with Crippen LogP contribution in [0.25, 0.3) is 0 Å². The number of hydrogen-bond donors (Lipinski definition) is 1. The lowest BCUT2D eigenvalue weighted by Crippen LogP contribution is -2.20. The Morgan fingerprint density at radius 3 is 3.15 bits per heavy atom. The molecule has 6 nitrogen and oxygen atoms in total. The predicted octanol–water partition coefficient (Wildman–Crippen LogP) is -0.696. The summed E-state index contributed by atoms with van der Waals surface area (Å²) in [6.45, 7) is 1.83. The minimum absolute atomic E-state index is 0.814. The van der Waals surface area contributed by atoms with Crippen LogP contribution in [0.15, 0.2) is 10.1 Å². The quantitative estimate of drug-likeness (QED) is 0.651. The fourth-order valence-electron chi connectivity index (χ4n) is 1.02. The number of thioether (sulfide) groups is 1. The van der Waals surface area contributed by atoms with E-state index in [0.717, 1.165) is 29.8 Å². The molecule has 0 aromatic carbocycles. The van der Waals surface area contributed by atoms with Crippen molar-refractivity contribution in [2.24, 2.45) is 12.0 Å². The molecule has 1 aromatic rings. The van der Waals surface area contributed by atoms with Crippen LogP contribution in [0.3, 0.4) is 0 Å². The molecule has 1 aromatic heterocycles. The second-order valence-electron chi connectivity index (χ2n) is 2.63. The van der Waals surface area contributed by atoms with E-state index in [0.29, 0.717) is 0 Å². The van der Waals surface area contributed by atoms with Crippen LogP contribution in [-0.4, -0.2) is 44.9 Å². The van der Waals surface area contributed by atoms with E-state index in [4.69, 9.17) is 0 Å². The monoisotopic (exact) mass is 198 g/mol. The maximum Gasteiger partial charge on any atom is 0.209 e. The van der Waals surface area contributed by atoms with Gasteiger partial charge < -0.3 is 5.32 Å². The maximum absolute atomic E-state index is 4.27. The largest absolute Gasteiger partial charge is 0.371 e. The van der Waals surface area contributed by atoms with Gasteiger partial charge in [0.1, 0.15) is 5.84 Å². The first-order valence-electron chi connectivity index (χ1n) is 3.98. The zero-order valence-corrected chi connectivity index (χ0v) is 8.08. The van der Waals surface area contributed by atoms with Gasteiger partial charge in [-0.05, 0) is 10.4 Å². The summed E-state index contributed by atoms with van der Waals surface area (Å²) in [6.07, 6.45) is 0. The number of rotatable bonds is 3. The Hall–Kier alpha value is -1.11. The molecule has 0 fully saturated rings. The molecule has 70 valence electrons. The molecular formula is C6H10N6S. The molecule has 0 amide bonds. The number of nitrogens with one attached hydrogen (secondary N) is 1. The summed E-state index contributed by atoms with van der Waals surface area (Å²) in [5, 5.41) is 15.1. The number of aromatic nitrogens is 4. The lowest BCUT2D eigenvalue weighted by molar-refractivity contribution is 0.665. The van der Waals surface area contributed by atoms with Crippen LogP contribution in [0.2, 0.25) is 0 Å². The lowest BCUT2D eigenvalue weighted by atomic mass is 10.7. The van der Waals surface area contributed by atoms with Gasteiger partial charge in [-0.3, -0.25) is 4.99 Å². The van der Waals surface area contributed by atoms with Gasteiger partial charge in [0.05, 0.1) is 12.3 Å². The Morgan fingerprint density at radius 2 is 2.54 bits per heavy atom. The van der Waals surface area contributed by atoms with Gasteiger partial charge in [0.25, 0.3) is 0 Å². The summed E-state index contributed by atoms with van der Waals surface area (Å²) in [4.78, 5) is 4.27. The van der Waals surface area contributed by atoms with E-state index in [1.807, 2.05) is 7.05 Å². The number of aryl methyl sites for hydroxylation is 1. The molecule has 2 heterocycles. The van der Waals surface area contributed by atoms with Crippen LogP contribution in [0.4, 0.5) is 0 Å². The zero-order chi connectivity index (χ0) is 9.10. The van der Waals surface area contributed by atoms with Gasteiger partial charge in [-0.1, -0.05) is 11.8 Å². The number of nitrogens with zero attached hydrogens (tertiary/aromatic N) is 5. The molecule has 13 heavy (non-hydrogen) atoms. The van der Waals surface area contributed by atoms with Gasteiger partial charge in [0.2, 0.25) is 5.16 Å². The molecule has 0 saturated carbocycles. The molecule has 0 aliphatic carbocycles. The Kier molecular flexibility index (Phi) is 2.44. The molecule has 0 saturated heterocycles. The summed E-state index contributed by atoms with van der Waals surface area (Å²) in [5.74, 6) is 1.85. The van der Waals surface area contributed by atoms with Crippen LogP contribution in [0.5, 0.6) is 0 Å². The Labute approximate surface area is 79.8 Å². The van der Waals surface area contributed by atoms with E-state index in [9.17, 15) is 0 Å². The summed E-state index contributed by atoms with van der Waals surface area (Å²) in [6, 6.07) is 0. The fraction of sp³-hybridized carbons (Fsp3) is 0.667. The summed E-state index contributed by atoms with van der Waals surface area (Å²) >= 11 is 1.58. The average molecular weight is 198 g/mol. The van der Waals surface area contributed by atoms with E-state index < -0.39 is 0 Å². The Bertz CT molecular complexity index is 319. The molecule has 0 radical (unpaired) electrons. The third kappa shape index (κ3) is 1.97. The van der Waals surface area contributed by atoms with E-state index in [1.54, 1.807) is 16.4 Å². The first-order chi connectivity index (χ1) is 6.36. The highest BCUT2D eigenvalue weighted by atomic mass is 32.2. The van der Waals surface area contributed by atoms with Crippen molar-refractivity contribution in [1.29, 1.82) is 0 Å². The number of amidine groups is 1. The van der Waals surface area contributed by atoms with Crippen molar-refractivity contribution in [2.45, 2.75) is 5.16 Å². The van der Waals surface area contributed by atoms with Crippen molar-refractivity contribution in [3.63, 3.8) is 0 Å². The molecule has 0 atom stereocenters. The fourth-order valence-corrected chi connectivity index (χ4v) is 1.80. The van der Waals surface area contributed by atoms with Crippen molar-refractivity contribution in [1.82, 2.24) is 25.5 Å². The average Bonchev–Trinajstić information content (AvgIpc) is 2.72. The van der Waals surface area contributed by atoms with E-state index in [2.05, 4.69) is 25.8 Å². The first kappa shape index (κ1) is 8.49. The van der Waals surface area contributed by atoms with Crippen LogP contribution in [0.1, 0.15) is 0 Å². The van der Waals surface area contributed by atoms with Gasteiger partial charge in [0.15, 0.2) is 0 Å². The molecule has 0 unspecified atom stereocenters. The van der Waals surface area contributed by atoms with E-state index in [-0.39, 0.29) is 0 Å². The molecule has 1 aliphatic heterocycles. The molecular weight excluding hydrogens is 188 g/mol. The van der Waals surface area contributed by atoms with E-state index in [1.165, 1.54) is 0 Å². The zero-order valence-electron chi connectivity index (χ0n) is 7.27. The van der Waals surface area contributed by atoms with Gasteiger partial charge in [-0.25, -0.2) is 4.68 Å². The second kappa shape index (κ2) is 3.73. The highest BCUT2D eigenvalue weighted by Gasteiger charge is 2.08. The minimum atomic E-state index is 0.814. The first-order valence-corrected chi connectivity index (χ1v) is 4.97. The third-order valence-corrected chi connectivity index (χ3v) is 2.68. The summed E-state index contributed by atoms with van der Waals surface area (Å²) in [5.41, 5.74) is 0. The van der Waals surface area contributed by atoms with Crippen molar-refractivity contribution in [2.75, 3.05) is 18.8 Å². The summed E-state index contributed by atoms with van der Waals surface area (Å²) < 4.78 is 1.65. The van der Waals surface area contributed by atoms with Crippen molar-refractivity contribution in [3.05, 3.63) is 0 Å².